The number of rotatable bonds is 9. The van der Waals surface area contributed by atoms with Gasteiger partial charge >= 0.3 is 0 Å². The third kappa shape index (κ3) is 4.08. The van der Waals surface area contributed by atoms with Gasteiger partial charge in [0, 0.05) is 29.7 Å². The molecule has 128 valence electrons. The molecule has 0 bridgehead atoms. The molecular formula is C20H32N2O. The van der Waals surface area contributed by atoms with Crippen molar-refractivity contribution in [3.63, 3.8) is 0 Å². The van der Waals surface area contributed by atoms with Crippen molar-refractivity contribution in [3.05, 3.63) is 29.5 Å². The summed E-state index contributed by atoms with van der Waals surface area (Å²) in [5.41, 5.74) is 4.12. The van der Waals surface area contributed by atoms with Crippen molar-refractivity contribution >= 4 is 10.9 Å². The molecule has 0 aliphatic carbocycles. The molecule has 1 aromatic heterocycles. The van der Waals surface area contributed by atoms with Crippen molar-refractivity contribution in [2.75, 3.05) is 6.54 Å². The van der Waals surface area contributed by atoms with E-state index >= 15 is 0 Å². The van der Waals surface area contributed by atoms with Gasteiger partial charge in [0.05, 0.1) is 6.10 Å². The number of hydrogen-bond donors (Lipinski definition) is 1. The van der Waals surface area contributed by atoms with Gasteiger partial charge in [0.2, 0.25) is 0 Å². The average Bonchev–Trinajstić information content (AvgIpc) is 2.80. The standard InChI is InChI=1S/C20H32N2O/c1-6-11-21-14-19-16(5)22(12-7-2)20-10-9-17(13-18(19)20)23-15(4)8-3/h9-10,13,15,21H,6-8,11-12,14H2,1-5H3. The van der Waals surface area contributed by atoms with Gasteiger partial charge in [-0.2, -0.15) is 0 Å². The van der Waals surface area contributed by atoms with E-state index in [1.165, 1.54) is 22.2 Å². The Labute approximate surface area is 141 Å². The average molecular weight is 316 g/mol. The maximum Gasteiger partial charge on any atom is 0.120 e. The van der Waals surface area contributed by atoms with E-state index in [0.717, 1.165) is 44.6 Å². The van der Waals surface area contributed by atoms with Gasteiger partial charge in [-0.1, -0.05) is 20.8 Å². The zero-order valence-corrected chi connectivity index (χ0v) is 15.4. The first-order chi connectivity index (χ1) is 11.1. The lowest BCUT2D eigenvalue weighted by atomic mass is 10.1. The molecule has 0 aliphatic heterocycles. The lowest BCUT2D eigenvalue weighted by Crippen LogP contribution is -2.14. The van der Waals surface area contributed by atoms with E-state index in [1.54, 1.807) is 0 Å². The molecule has 0 aliphatic rings. The predicted octanol–water partition coefficient (Wildman–Crippen LogP) is 5.04. The molecule has 0 fully saturated rings. The maximum atomic E-state index is 6.03. The number of fused-ring (bicyclic) bond motifs is 1. The second kappa shape index (κ2) is 8.39. The van der Waals surface area contributed by atoms with E-state index in [4.69, 9.17) is 4.74 Å². The van der Waals surface area contributed by atoms with Gasteiger partial charge in [0.15, 0.2) is 0 Å². The summed E-state index contributed by atoms with van der Waals surface area (Å²) in [4.78, 5) is 0. The van der Waals surface area contributed by atoms with E-state index in [9.17, 15) is 0 Å². The van der Waals surface area contributed by atoms with Gasteiger partial charge in [-0.3, -0.25) is 0 Å². The van der Waals surface area contributed by atoms with E-state index < -0.39 is 0 Å². The van der Waals surface area contributed by atoms with Crippen molar-refractivity contribution in [3.8, 4) is 5.75 Å². The van der Waals surface area contributed by atoms with Gasteiger partial charge in [-0.05, 0) is 63.4 Å². The van der Waals surface area contributed by atoms with Crippen LogP contribution in [0.1, 0.15) is 58.2 Å². The van der Waals surface area contributed by atoms with Crippen LogP contribution in [0.3, 0.4) is 0 Å². The first-order valence-corrected chi connectivity index (χ1v) is 9.11. The second-order valence-electron chi connectivity index (χ2n) is 6.41. The highest BCUT2D eigenvalue weighted by Gasteiger charge is 2.14. The highest BCUT2D eigenvalue weighted by molar-refractivity contribution is 5.87. The summed E-state index contributed by atoms with van der Waals surface area (Å²) < 4.78 is 8.48. The fourth-order valence-corrected chi connectivity index (χ4v) is 3.04. The molecule has 0 amide bonds. The largest absolute Gasteiger partial charge is 0.491 e. The van der Waals surface area contributed by atoms with E-state index in [1.807, 2.05) is 0 Å². The number of aromatic nitrogens is 1. The van der Waals surface area contributed by atoms with Crippen LogP contribution in [0.15, 0.2) is 18.2 Å². The van der Waals surface area contributed by atoms with Crippen LogP contribution >= 0.6 is 0 Å². The Hall–Kier alpha value is -1.48. The molecule has 2 rings (SSSR count). The van der Waals surface area contributed by atoms with Gasteiger partial charge in [0.25, 0.3) is 0 Å². The van der Waals surface area contributed by atoms with Crippen LogP contribution in [0.4, 0.5) is 0 Å². The van der Waals surface area contributed by atoms with Gasteiger partial charge in [0.1, 0.15) is 5.75 Å². The number of hydrogen-bond acceptors (Lipinski definition) is 2. The van der Waals surface area contributed by atoms with Crippen molar-refractivity contribution in [1.82, 2.24) is 9.88 Å². The minimum absolute atomic E-state index is 0.257. The molecule has 0 saturated heterocycles. The molecule has 0 spiro atoms. The molecule has 1 N–H and O–H groups in total. The van der Waals surface area contributed by atoms with Crippen molar-refractivity contribution in [2.24, 2.45) is 0 Å². The Kier molecular flexibility index (Phi) is 6.52. The number of ether oxygens (including phenoxy) is 1. The lowest BCUT2D eigenvalue weighted by Gasteiger charge is -2.13. The molecule has 3 heteroatoms. The lowest BCUT2D eigenvalue weighted by molar-refractivity contribution is 0.217. The summed E-state index contributed by atoms with van der Waals surface area (Å²) in [6, 6.07) is 6.56. The zero-order chi connectivity index (χ0) is 16.8. The minimum Gasteiger partial charge on any atom is -0.491 e. The molecule has 0 radical (unpaired) electrons. The van der Waals surface area contributed by atoms with Crippen LogP contribution < -0.4 is 10.1 Å². The topological polar surface area (TPSA) is 26.2 Å². The highest BCUT2D eigenvalue weighted by Crippen LogP contribution is 2.30. The molecule has 1 atom stereocenters. The molecule has 1 unspecified atom stereocenters. The monoisotopic (exact) mass is 316 g/mol. The molecule has 3 nitrogen and oxygen atoms in total. The Morgan fingerprint density at radius 2 is 1.96 bits per heavy atom. The highest BCUT2D eigenvalue weighted by atomic mass is 16.5. The number of aryl methyl sites for hydroxylation is 1. The smallest absolute Gasteiger partial charge is 0.120 e. The third-order valence-corrected chi connectivity index (χ3v) is 4.51. The first-order valence-electron chi connectivity index (χ1n) is 9.11. The minimum atomic E-state index is 0.257. The van der Waals surface area contributed by atoms with Crippen LogP contribution in [-0.4, -0.2) is 17.2 Å². The normalized spacial score (nSPS) is 12.7. The van der Waals surface area contributed by atoms with Crippen LogP contribution in [0.25, 0.3) is 10.9 Å². The summed E-state index contributed by atoms with van der Waals surface area (Å²) in [6.45, 7) is 14.0. The second-order valence-corrected chi connectivity index (χ2v) is 6.41. The summed E-state index contributed by atoms with van der Waals surface area (Å²) in [5.74, 6) is 0.984. The fourth-order valence-electron chi connectivity index (χ4n) is 3.04. The van der Waals surface area contributed by atoms with Crippen LogP contribution in [0.5, 0.6) is 5.75 Å². The third-order valence-electron chi connectivity index (χ3n) is 4.51. The van der Waals surface area contributed by atoms with E-state index in [-0.39, 0.29) is 6.10 Å². The fraction of sp³-hybridized carbons (Fsp3) is 0.600. The zero-order valence-electron chi connectivity index (χ0n) is 15.4. The summed E-state index contributed by atoms with van der Waals surface area (Å²) in [6.07, 6.45) is 3.60. The van der Waals surface area contributed by atoms with Crippen LogP contribution in [0, 0.1) is 6.92 Å². The number of benzene rings is 1. The Morgan fingerprint density at radius 3 is 2.61 bits per heavy atom. The molecule has 2 aromatic rings. The van der Waals surface area contributed by atoms with E-state index in [2.05, 4.69) is 62.7 Å². The van der Waals surface area contributed by atoms with Crippen molar-refractivity contribution in [1.29, 1.82) is 0 Å². The molecular weight excluding hydrogens is 284 g/mol. The first kappa shape index (κ1) is 17.9. The van der Waals surface area contributed by atoms with Gasteiger partial charge in [-0.25, -0.2) is 0 Å². The Bertz CT molecular complexity index is 630. The maximum absolute atomic E-state index is 6.03. The summed E-state index contributed by atoms with van der Waals surface area (Å²) in [5, 5.41) is 4.89. The SMILES string of the molecule is CCCNCc1c(C)n(CCC)c2ccc(OC(C)CC)cc12. The van der Waals surface area contributed by atoms with Crippen molar-refractivity contribution in [2.45, 2.75) is 73.1 Å². The summed E-state index contributed by atoms with van der Waals surface area (Å²) in [7, 11) is 0. The van der Waals surface area contributed by atoms with Crippen molar-refractivity contribution < 1.29 is 4.74 Å². The van der Waals surface area contributed by atoms with Crippen LogP contribution in [0.2, 0.25) is 0 Å². The quantitative estimate of drug-likeness (QED) is 0.656. The predicted molar refractivity (Wildman–Crippen MR) is 99.3 cm³/mol. The van der Waals surface area contributed by atoms with E-state index in [0.29, 0.717) is 0 Å². The Balaban J connectivity index is 2.42. The number of nitrogens with one attached hydrogen (secondary N) is 1. The molecule has 1 aromatic carbocycles. The van der Waals surface area contributed by atoms with Gasteiger partial charge in [-0.15, -0.1) is 0 Å². The van der Waals surface area contributed by atoms with Gasteiger partial charge < -0.3 is 14.6 Å². The molecule has 1 heterocycles. The van der Waals surface area contributed by atoms with Crippen LogP contribution in [-0.2, 0) is 13.1 Å². The molecule has 0 saturated carbocycles. The number of nitrogens with zero attached hydrogens (tertiary/aromatic N) is 1. The molecule has 23 heavy (non-hydrogen) atoms. The Morgan fingerprint density at radius 1 is 1.17 bits per heavy atom. The summed E-state index contributed by atoms with van der Waals surface area (Å²) >= 11 is 0.